The molecule has 0 radical (unpaired) electrons. The van der Waals surface area contributed by atoms with Crippen molar-refractivity contribution >= 4 is 44.3 Å². The average Bonchev–Trinajstić information content (AvgIpc) is 3.98. The van der Waals surface area contributed by atoms with E-state index in [-0.39, 0.29) is 56.1 Å². The van der Waals surface area contributed by atoms with Crippen LogP contribution in [-0.4, -0.2) is 116 Å². The molecule has 1 aromatic heterocycles. The van der Waals surface area contributed by atoms with Gasteiger partial charge in [0.25, 0.3) is 5.91 Å². The van der Waals surface area contributed by atoms with Gasteiger partial charge in [-0.2, -0.15) is 0 Å². The summed E-state index contributed by atoms with van der Waals surface area (Å²) in [6, 6.07) is 15.5. The topological polar surface area (TPSA) is 200 Å². The highest BCUT2D eigenvalue weighted by molar-refractivity contribution is 7.92. The van der Waals surface area contributed by atoms with E-state index in [4.69, 9.17) is 33.2 Å². The standard InChI is InChI=1S/C41H47FN2O13S/c1-43-40(47)38-33-23-32(28-7-8-28)34(24-37(33)57-39(38)30-9-11-31(42)12-10-30)44(58(2,50)51)13-14-52-15-16-53-17-18-54-19-20-55-21-22-56-26-27-3-5-29(6-4-27)35(45)25-36(46)41(48)49/h3-6,9-12,23-25,28,46H,7-8,13-22,26H2,1-2H3,(H,43,47)(H,48,49)/b36-25-. The first-order valence-corrected chi connectivity index (χ1v) is 20.4. The number of hydrogen-bond donors (Lipinski definition) is 3. The first-order valence-electron chi connectivity index (χ1n) is 18.6. The van der Waals surface area contributed by atoms with Crippen LogP contribution in [0.3, 0.4) is 0 Å². The highest BCUT2D eigenvalue weighted by atomic mass is 32.2. The van der Waals surface area contributed by atoms with Crippen molar-refractivity contribution in [3.05, 3.63) is 101 Å². The molecule has 1 fully saturated rings. The molecule has 0 aliphatic heterocycles. The summed E-state index contributed by atoms with van der Waals surface area (Å²) in [4.78, 5) is 35.7. The Kier molecular flexibility index (Phi) is 15.9. The van der Waals surface area contributed by atoms with Crippen LogP contribution in [0.5, 0.6) is 0 Å². The third kappa shape index (κ3) is 12.4. The number of fused-ring (bicyclic) bond motifs is 1. The minimum absolute atomic E-state index is 0.0453. The largest absolute Gasteiger partial charge is 0.502 e. The second kappa shape index (κ2) is 21.0. The Bertz CT molecular complexity index is 2170. The van der Waals surface area contributed by atoms with Crippen molar-refractivity contribution in [1.82, 2.24) is 5.32 Å². The lowest BCUT2D eigenvalue weighted by atomic mass is 10.0. The number of carboxylic acids is 1. The highest BCUT2D eigenvalue weighted by Crippen LogP contribution is 2.48. The van der Waals surface area contributed by atoms with Gasteiger partial charge in [-0.1, -0.05) is 24.3 Å². The van der Waals surface area contributed by atoms with Crippen molar-refractivity contribution in [1.29, 1.82) is 0 Å². The maximum Gasteiger partial charge on any atom is 0.371 e. The minimum Gasteiger partial charge on any atom is -0.502 e. The number of ketones is 1. The van der Waals surface area contributed by atoms with E-state index < -0.39 is 33.4 Å². The molecule has 1 aliphatic rings. The molecule has 4 aromatic rings. The van der Waals surface area contributed by atoms with Crippen molar-refractivity contribution in [2.45, 2.75) is 25.4 Å². The minimum atomic E-state index is -3.74. The second-order valence-electron chi connectivity index (χ2n) is 13.3. The van der Waals surface area contributed by atoms with Gasteiger partial charge in [-0.3, -0.25) is 13.9 Å². The summed E-state index contributed by atoms with van der Waals surface area (Å²) in [6.07, 6.45) is 3.55. The summed E-state index contributed by atoms with van der Waals surface area (Å²) < 4.78 is 75.2. The number of amides is 1. The van der Waals surface area contributed by atoms with Gasteiger partial charge in [-0.05, 0) is 60.2 Å². The van der Waals surface area contributed by atoms with Crippen LogP contribution in [0.4, 0.5) is 10.1 Å². The molecule has 0 unspecified atom stereocenters. The molecule has 1 saturated carbocycles. The first-order chi connectivity index (χ1) is 27.9. The van der Waals surface area contributed by atoms with E-state index in [9.17, 15) is 32.3 Å². The van der Waals surface area contributed by atoms with Gasteiger partial charge in [0, 0.05) is 35.7 Å². The van der Waals surface area contributed by atoms with E-state index in [1.807, 2.05) is 6.07 Å². The Morgan fingerprint density at radius 1 is 0.845 bits per heavy atom. The fourth-order valence-electron chi connectivity index (χ4n) is 5.96. The van der Waals surface area contributed by atoms with Crippen LogP contribution >= 0.6 is 0 Å². The lowest BCUT2D eigenvalue weighted by Crippen LogP contribution is -2.34. The maximum atomic E-state index is 13.7. The predicted octanol–water partition coefficient (Wildman–Crippen LogP) is 5.23. The van der Waals surface area contributed by atoms with Crippen LogP contribution in [0.1, 0.15) is 50.6 Å². The molecule has 0 saturated heterocycles. The van der Waals surface area contributed by atoms with Gasteiger partial charge in [0.05, 0.1) is 90.1 Å². The van der Waals surface area contributed by atoms with E-state index in [0.717, 1.165) is 30.2 Å². The molecule has 3 aromatic carbocycles. The van der Waals surface area contributed by atoms with Crippen molar-refractivity contribution in [2.75, 3.05) is 83.6 Å². The zero-order valence-electron chi connectivity index (χ0n) is 32.2. The molecule has 5 rings (SSSR count). The maximum absolute atomic E-state index is 13.7. The molecule has 0 bridgehead atoms. The number of aliphatic carboxylic acids is 1. The number of allylic oxidation sites excluding steroid dienone is 1. The second-order valence-corrected chi connectivity index (χ2v) is 15.2. The zero-order chi connectivity index (χ0) is 41.7. The molecule has 1 heterocycles. The van der Waals surface area contributed by atoms with Crippen LogP contribution in [0.15, 0.2) is 76.9 Å². The molecule has 312 valence electrons. The third-order valence-electron chi connectivity index (χ3n) is 9.00. The molecule has 1 amide bonds. The van der Waals surface area contributed by atoms with Crippen molar-refractivity contribution in [3.63, 3.8) is 0 Å². The van der Waals surface area contributed by atoms with Gasteiger partial charge in [0.2, 0.25) is 15.8 Å². The summed E-state index contributed by atoms with van der Waals surface area (Å²) in [5, 5.41) is 21.1. The molecule has 0 spiro atoms. The summed E-state index contributed by atoms with van der Waals surface area (Å²) >= 11 is 0. The Morgan fingerprint density at radius 2 is 1.41 bits per heavy atom. The Balaban J connectivity index is 0.986. The molecule has 15 nitrogen and oxygen atoms in total. The fraction of sp³-hybridized carbons (Fsp3) is 0.390. The van der Waals surface area contributed by atoms with E-state index in [1.165, 1.54) is 47.8 Å². The predicted molar refractivity (Wildman–Crippen MR) is 211 cm³/mol. The number of anilines is 1. The molecule has 1 aliphatic carbocycles. The van der Waals surface area contributed by atoms with Crippen LogP contribution in [0.25, 0.3) is 22.3 Å². The lowest BCUT2D eigenvalue weighted by molar-refractivity contribution is -0.135. The number of ether oxygens (including phenoxy) is 5. The normalized spacial score (nSPS) is 13.2. The summed E-state index contributed by atoms with van der Waals surface area (Å²) in [5.41, 5.74) is 3.43. The molecule has 3 N–H and O–H groups in total. The van der Waals surface area contributed by atoms with E-state index in [0.29, 0.717) is 73.5 Å². The summed E-state index contributed by atoms with van der Waals surface area (Å²) in [6.45, 7) is 3.02. The number of benzene rings is 3. The monoisotopic (exact) mass is 826 g/mol. The summed E-state index contributed by atoms with van der Waals surface area (Å²) in [5.74, 6) is -3.65. The van der Waals surface area contributed by atoms with Crippen LogP contribution in [0, 0.1) is 5.82 Å². The summed E-state index contributed by atoms with van der Waals surface area (Å²) in [7, 11) is -2.23. The van der Waals surface area contributed by atoms with Crippen LogP contribution < -0.4 is 9.62 Å². The van der Waals surface area contributed by atoms with Gasteiger partial charge in [0.1, 0.15) is 17.2 Å². The van der Waals surface area contributed by atoms with Crippen LogP contribution in [-0.2, 0) is 45.1 Å². The number of rotatable bonds is 25. The number of halogens is 1. The number of sulfonamides is 1. The number of nitrogens with one attached hydrogen (secondary N) is 1. The van der Waals surface area contributed by atoms with Gasteiger partial charge >= 0.3 is 5.97 Å². The number of nitrogens with zero attached hydrogens (tertiary/aromatic N) is 1. The lowest BCUT2D eigenvalue weighted by Gasteiger charge is -2.25. The number of carbonyl (C=O) groups excluding carboxylic acids is 2. The molecular formula is C41H47FN2O13S. The van der Waals surface area contributed by atoms with E-state index >= 15 is 0 Å². The van der Waals surface area contributed by atoms with Gasteiger partial charge in [0.15, 0.2) is 5.78 Å². The number of carbonyl (C=O) groups is 3. The number of aliphatic hydroxyl groups is 1. The van der Waals surface area contributed by atoms with Gasteiger partial charge < -0.3 is 43.6 Å². The van der Waals surface area contributed by atoms with Crippen LogP contribution in [0.2, 0.25) is 0 Å². The number of hydrogen-bond acceptors (Lipinski definition) is 12. The van der Waals surface area contributed by atoms with E-state index in [1.54, 1.807) is 18.2 Å². The number of aliphatic hydroxyl groups excluding tert-OH is 1. The fourth-order valence-corrected chi connectivity index (χ4v) is 6.88. The Morgan fingerprint density at radius 3 is 1.95 bits per heavy atom. The van der Waals surface area contributed by atoms with Gasteiger partial charge in [-0.25, -0.2) is 17.6 Å². The first kappa shape index (κ1) is 43.9. The Labute approximate surface area is 335 Å². The Hall–Kier alpha value is -5.17. The number of furan rings is 1. The van der Waals surface area contributed by atoms with E-state index in [2.05, 4.69) is 5.32 Å². The van der Waals surface area contributed by atoms with Crippen molar-refractivity contribution in [3.8, 4) is 11.3 Å². The number of carboxylic acid groups (broad SMARTS) is 1. The third-order valence-corrected chi connectivity index (χ3v) is 10.2. The molecule has 58 heavy (non-hydrogen) atoms. The quantitative estimate of drug-likeness (QED) is 0.0340. The smallest absolute Gasteiger partial charge is 0.371 e. The van der Waals surface area contributed by atoms with Gasteiger partial charge in [-0.15, -0.1) is 0 Å². The van der Waals surface area contributed by atoms with Crippen molar-refractivity contribution in [2.24, 2.45) is 0 Å². The highest BCUT2D eigenvalue weighted by Gasteiger charge is 2.33. The SMILES string of the molecule is CNC(=O)c1c(-c2ccc(F)cc2)oc2cc(N(CCOCCOCCOCCOCCOCc3ccc(C(=O)/C=C(\O)C(=O)O)cc3)S(C)(=O)=O)c(C3CC3)cc12. The average molecular weight is 827 g/mol. The molecular weight excluding hydrogens is 780 g/mol. The molecule has 17 heteroatoms. The zero-order valence-corrected chi connectivity index (χ0v) is 33.1. The van der Waals surface area contributed by atoms with Crippen molar-refractivity contribution < 1.29 is 65.5 Å². The molecule has 0 atom stereocenters.